The summed E-state index contributed by atoms with van der Waals surface area (Å²) in [4.78, 5) is 28.4. The molecule has 0 atom stereocenters. The first-order valence-corrected chi connectivity index (χ1v) is 10.1. The minimum atomic E-state index is -0.306. The lowest BCUT2D eigenvalue weighted by Gasteiger charge is -2.08. The van der Waals surface area contributed by atoms with Gasteiger partial charge < -0.3 is 10.6 Å². The summed E-state index contributed by atoms with van der Waals surface area (Å²) in [5, 5.41) is 9.06. The fraction of sp³-hybridized carbons (Fsp3) is 0.190. The number of hydrogen-bond acceptors (Lipinski definition) is 4. The highest BCUT2D eigenvalue weighted by Crippen LogP contribution is 2.21. The van der Waals surface area contributed by atoms with Gasteiger partial charge in [-0.2, -0.15) is 0 Å². The molecule has 2 aromatic carbocycles. The number of nitrogens with one attached hydrogen (secondary N) is 2. The highest BCUT2D eigenvalue weighted by Gasteiger charge is 2.08. The van der Waals surface area contributed by atoms with E-state index in [-0.39, 0.29) is 18.4 Å². The molecule has 0 aliphatic heterocycles. The second kappa shape index (κ2) is 9.48. The number of thiazole rings is 1. The van der Waals surface area contributed by atoms with Crippen LogP contribution in [0, 0.1) is 6.92 Å². The molecule has 144 valence electrons. The van der Waals surface area contributed by atoms with Crippen LogP contribution in [0.2, 0.25) is 5.02 Å². The molecule has 0 unspecified atom stereocenters. The maximum atomic E-state index is 12.0. The number of rotatable bonds is 7. The summed E-state index contributed by atoms with van der Waals surface area (Å²) in [5.74, 6) is -0.531. The van der Waals surface area contributed by atoms with E-state index in [1.54, 1.807) is 35.6 Å². The zero-order chi connectivity index (χ0) is 19.9. The molecule has 0 saturated heterocycles. The lowest BCUT2D eigenvalue weighted by Crippen LogP contribution is -2.37. The van der Waals surface area contributed by atoms with Gasteiger partial charge in [0.2, 0.25) is 5.91 Å². The number of nitrogens with zero attached hydrogens (tertiary/aromatic N) is 1. The van der Waals surface area contributed by atoms with Gasteiger partial charge in [-0.25, -0.2) is 4.98 Å². The lowest BCUT2D eigenvalue weighted by atomic mass is 10.1. The van der Waals surface area contributed by atoms with Crippen LogP contribution in [0.3, 0.4) is 0 Å². The quantitative estimate of drug-likeness (QED) is 0.617. The Kier molecular flexibility index (Phi) is 6.79. The molecular weight excluding hydrogens is 394 g/mol. The Balaban J connectivity index is 1.40. The number of halogens is 1. The van der Waals surface area contributed by atoms with Crippen molar-refractivity contribution in [2.45, 2.75) is 13.3 Å². The maximum absolute atomic E-state index is 12.0. The van der Waals surface area contributed by atoms with Crippen molar-refractivity contribution in [3.8, 4) is 11.3 Å². The van der Waals surface area contributed by atoms with Gasteiger partial charge in [0.25, 0.3) is 5.91 Å². The largest absolute Gasteiger partial charge is 0.354 e. The van der Waals surface area contributed by atoms with Crippen molar-refractivity contribution in [2.24, 2.45) is 0 Å². The first-order valence-electron chi connectivity index (χ1n) is 8.83. The van der Waals surface area contributed by atoms with E-state index in [1.165, 1.54) is 0 Å². The van der Waals surface area contributed by atoms with Gasteiger partial charge in [0, 0.05) is 28.1 Å². The zero-order valence-corrected chi connectivity index (χ0v) is 16.9. The van der Waals surface area contributed by atoms with E-state index >= 15 is 0 Å². The molecule has 5 nitrogen and oxygen atoms in total. The molecule has 0 aliphatic rings. The number of carbonyl (C=O) groups is 2. The Bertz CT molecular complexity index is 953. The van der Waals surface area contributed by atoms with Crippen LogP contribution in [0.25, 0.3) is 11.3 Å². The Labute approximate surface area is 172 Å². The van der Waals surface area contributed by atoms with Crippen molar-refractivity contribution in [3.05, 3.63) is 75.1 Å². The predicted molar refractivity (Wildman–Crippen MR) is 113 cm³/mol. The number of aromatic nitrogens is 1. The molecule has 0 spiro atoms. The van der Waals surface area contributed by atoms with E-state index in [9.17, 15) is 9.59 Å². The van der Waals surface area contributed by atoms with Gasteiger partial charge in [-0.1, -0.05) is 35.9 Å². The van der Waals surface area contributed by atoms with Crippen molar-refractivity contribution in [2.75, 3.05) is 13.1 Å². The fourth-order valence-electron chi connectivity index (χ4n) is 2.61. The molecule has 2 amide bonds. The van der Waals surface area contributed by atoms with Crippen LogP contribution in [0.1, 0.15) is 20.9 Å². The molecule has 0 fully saturated rings. The molecule has 2 N–H and O–H groups in total. The van der Waals surface area contributed by atoms with Crippen LogP contribution < -0.4 is 10.6 Å². The van der Waals surface area contributed by atoms with Crippen LogP contribution >= 0.6 is 22.9 Å². The molecule has 1 aromatic heterocycles. The highest BCUT2D eigenvalue weighted by molar-refractivity contribution is 7.09. The van der Waals surface area contributed by atoms with Crippen LogP contribution in [-0.4, -0.2) is 29.9 Å². The highest BCUT2D eigenvalue weighted by atomic mass is 35.5. The summed E-state index contributed by atoms with van der Waals surface area (Å²) in [5.41, 5.74) is 3.66. The molecule has 1 heterocycles. The molecule has 0 aliphatic carbocycles. The first-order chi connectivity index (χ1) is 13.5. The van der Waals surface area contributed by atoms with Crippen molar-refractivity contribution >= 4 is 34.8 Å². The van der Waals surface area contributed by atoms with Crippen molar-refractivity contribution in [1.29, 1.82) is 0 Å². The minimum absolute atomic E-state index is 0.0659. The normalized spacial score (nSPS) is 10.5. The third-order valence-corrected chi connectivity index (χ3v) is 5.15. The fourth-order valence-corrected chi connectivity index (χ4v) is 3.36. The van der Waals surface area contributed by atoms with Crippen LogP contribution in [0.15, 0.2) is 53.9 Å². The second-order valence-corrected chi connectivity index (χ2v) is 7.74. The summed E-state index contributed by atoms with van der Waals surface area (Å²) < 4.78 is 0. The van der Waals surface area contributed by atoms with Crippen LogP contribution in [-0.2, 0) is 11.2 Å². The minimum Gasteiger partial charge on any atom is -0.354 e. The summed E-state index contributed by atoms with van der Waals surface area (Å²) in [6.07, 6.45) is 0.716. The molecular formula is C21H20ClN3O2S. The molecule has 3 aromatic rings. The zero-order valence-electron chi connectivity index (χ0n) is 15.4. The number of amides is 2. The van der Waals surface area contributed by atoms with Crippen LogP contribution in [0.4, 0.5) is 0 Å². The van der Waals surface area contributed by atoms with Crippen molar-refractivity contribution in [3.63, 3.8) is 0 Å². The Hall–Kier alpha value is -2.70. The number of benzene rings is 2. The Morgan fingerprint density at radius 3 is 2.39 bits per heavy atom. The van der Waals surface area contributed by atoms with Gasteiger partial charge in [0.05, 0.1) is 17.2 Å². The molecule has 0 radical (unpaired) electrons. The Morgan fingerprint density at radius 2 is 1.75 bits per heavy atom. The monoisotopic (exact) mass is 413 g/mol. The van der Waals surface area contributed by atoms with Crippen LogP contribution in [0.5, 0.6) is 0 Å². The number of aryl methyl sites for hydroxylation is 1. The third kappa shape index (κ3) is 5.65. The summed E-state index contributed by atoms with van der Waals surface area (Å²) in [7, 11) is 0. The smallest absolute Gasteiger partial charge is 0.251 e. The van der Waals surface area contributed by atoms with Crippen molar-refractivity contribution in [1.82, 2.24) is 15.6 Å². The van der Waals surface area contributed by atoms with Gasteiger partial charge in [-0.15, -0.1) is 11.3 Å². The summed E-state index contributed by atoms with van der Waals surface area (Å²) in [6.45, 7) is 2.43. The maximum Gasteiger partial charge on any atom is 0.251 e. The molecule has 7 heteroatoms. The predicted octanol–water partition coefficient (Wildman–Crippen LogP) is 3.86. The molecule has 3 rings (SSSR count). The van der Waals surface area contributed by atoms with Crippen molar-refractivity contribution < 1.29 is 9.59 Å². The first kappa shape index (κ1) is 20.0. The molecule has 28 heavy (non-hydrogen) atoms. The topological polar surface area (TPSA) is 71.1 Å². The number of carbonyl (C=O) groups excluding carboxylic acids is 2. The van der Waals surface area contributed by atoms with Gasteiger partial charge in [-0.3, -0.25) is 9.59 Å². The second-order valence-electron chi connectivity index (χ2n) is 6.24. The average molecular weight is 414 g/mol. The molecule has 0 saturated carbocycles. The van der Waals surface area contributed by atoms with Gasteiger partial charge in [0.15, 0.2) is 0 Å². The molecule has 0 bridgehead atoms. The van der Waals surface area contributed by atoms with Gasteiger partial charge in [0.1, 0.15) is 0 Å². The Morgan fingerprint density at radius 1 is 1.04 bits per heavy atom. The summed E-state index contributed by atoms with van der Waals surface area (Å²) in [6, 6.07) is 14.7. The lowest BCUT2D eigenvalue weighted by molar-refractivity contribution is -0.120. The summed E-state index contributed by atoms with van der Waals surface area (Å²) >= 11 is 7.43. The van der Waals surface area contributed by atoms with Gasteiger partial charge >= 0.3 is 0 Å². The van der Waals surface area contributed by atoms with E-state index in [2.05, 4.69) is 15.6 Å². The average Bonchev–Trinajstić information content (AvgIpc) is 3.13. The van der Waals surface area contributed by atoms with E-state index in [1.807, 2.05) is 36.6 Å². The van der Waals surface area contributed by atoms with E-state index in [4.69, 9.17) is 11.6 Å². The third-order valence-electron chi connectivity index (χ3n) is 4.12. The number of hydrogen-bond donors (Lipinski definition) is 2. The SMILES string of the molecule is Cc1nc(-c2ccc(CCNC(=O)CNC(=O)c3ccc(Cl)cc3)cc2)cs1. The van der Waals surface area contributed by atoms with E-state index < -0.39 is 0 Å². The standard InChI is InChI=1S/C21H20ClN3O2S/c1-14-25-19(13-28-14)16-4-2-15(3-5-16)10-11-23-20(26)12-24-21(27)17-6-8-18(22)9-7-17/h2-9,13H,10-12H2,1H3,(H,23,26)(H,24,27). The van der Waals surface area contributed by atoms with E-state index in [0.29, 0.717) is 23.6 Å². The van der Waals surface area contributed by atoms with E-state index in [0.717, 1.165) is 21.8 Å². The van der Waals surface area contributed by atoms with Gasteiger partial charge in [-0.05, 0) is 43.2 Å².